The van der Waals surface area contributed by atoms with Crippen LogP contribution >= 0.6 is 0 Å². The van der Waals surface area contributed by atoms with Crippen LogP contribution < -0.4 is 4.74 Å². The second-order valence-corrected chi connectivity index (χ2v) is 7.65. The van der Waals surface area contributed by atoms with Crippen molar-refractivity contribution in [2.75, 3.05) is 7.05 Å². The van der Waals surface area contributed by atoms with Crippen molar-refractivity contribution in [1.82, 2.24) is 4.90 Å². The van der Waals surface area contributed by atoms with Crippen molar-refractivity contribution >= 4 is 5.91 Å². The van der Waals surface area contributed by atoms with E-state index in [9.17, 15) is 4.79 Å². The fourth-order valence-electron chi connectivity index (χ4n) is 3.49. The first-order chi connectivity index (χ1) is 11.5. The van der Waals surface area contributed by atoms with Gasteiger partial charge in [0.15, 0.2) is 0 Å². The van der Waals surface area contributed by atoms with E-state index in [1.54, 1.807) is 0 Å². The predicted octanol–water partition coefficient (Wildman–Crippen LogP) is 4.83. The number of aryl methyl sites for hydroxylation is 1. The molecule has 2 rings (SSSR count). The Bertz CT molecular complexity index is 520. The lowest BCUT2D eigenvalue weighted by Crippen LogP contribution is -2.36. The minimum atomic E-state index is 0.227. The normalized spacial score (nSPS) is 16.4. The molecule has 134 valence electrons. The largest absolute Gasteiger partial charge is 0.490 e. The van der Waals surface area contributed by atoms with Crippen LogP contribution in [0, 0.1) is 5.92 Å². The molecule has 0 N–H and O–H groups in total. The van der Waals surface area contributed by atoms with Crippen molar-refractivity contribution in [2.45, 2.75) is 77.9 Å². The summed E-state index contributed by atoms with van der Waals surface area (Å²) in [6.45, 7) is 6.53. The third kappa shape index (κ3) is 5.85. The van der Waals surface area contributed by atoms with Gasteiger partial charge in [-0.1, -0.05) is 26.0 Å². The fourth-order valence-corrected chi connectivity index (χ4v) is 3.49. The number of carbonyl (C=O) groups excluding carboxylic acids is 1. The van der Waals surface area contributed by atoms with E-state index in [1.807, 2.05) is 24.1 Å². The van der Waals surface area contributed by atoms with Crippen molar-refractivity contribution in [3.63, 3.8) is 0 Å². The molecule has 1 aromatic rings. The molecular weight excluding hydrogens is 298 g/mol. The van der Waals surface area contributed by atoms with Gasteiger partial charge < -0.3 is 9.64 Å². The van der Waals surface area contributed by atoms with Crippen LogP contribution in [-0.2, 0) is 11.2 Å². The molecule has 0 saturated heterocycles. The Morgan fingerprint density at radius 1 is 1.25 bits per heavy atom. The molecule has 1 atom stereocenters. The van der Waals surface area contributed by atoms with Crippen LogP contribution in [0.3, 0.4) is 0 Å². The summed E-state index contributed by atoms with van der Waals surface area (Å²) in [5.74, 6) is 1.79. The van der Waals surface area contributed by atoms with Gasteiger partial charge in [-0.3, -0.25) is 4.79 Å². The molecule has 3 heteroatoms. The minimum Gasteiger partial charge on any atom is -0.490 e. The minimum absolute atomic E-state index is 0.227. The quantitative estimate of drug-likeness (QED) is 0.682. The first-order valence-corrected chi connectivity index (χ1v) is 9.47. The second kappa shape index (κ2) is 9.10. The highest BCUT2D eigenvalue weighted by Crippen LogP contribution is 2.25. The summed E-state index contributed by atoms with van der Waals surface area (Å²) in [7, 11) is 1.93. The molecule has 0 aliphatic heterocycles. The highest BCUT2D eigenvalue weighted by Gasteiger charge is 2.18. The molecule has 1 saturated carbocycles. The molecular formula is C21H33NO2. The van der Waals surface area contributed by atoms with Crippen LogP contribution in [0.4, 0.5) is 0 Å². The number of benzene rings is 1. The summed E-state index contributed by atoms with van der Waals surface area (Å²) in [5.41, 5.74) is 1.18. The van der Waals surface area contributed by atoms with Crippen LogP contribution in [0.15, 0.2) is 24.3 Å². The van der Waals surface area contributed by atoms with Crippen LogP contribution in [0.5, 0.6) is 5.75 Å². The molecule has 0 spiro atoms. The van der Waals surface area contributed by atoms with E-state index in [1.165, 1.54) is 31.2 Å². The average molecular weight is 332 g/mol. The predicted molar refractivity (Wildman–Crippen MR) is 99.3 cm³/mol. The third-order valence-corrected chi connectivity index (χ3v) is 5.00. The lowest BCUT2D eigenvalue weighted by atomic mass is 10.0. The van der Waals surface area contributed by atoms with Gasteiger partial charge in [0.1, 0.15) is 5.75 Å². The first kappa shape index (κ1) is 18.8. The molecule has 24 heavy (non-hydrogen) atoms. The van der Waals surface area contributed by atoms with E-state index in [-0.39, 0.29) is 5.91 Å². The molecule has 1 aromatic carbocycles. The number of carbonyl (C=O) groups is 1. The first-order valence-electron chi connectivity index (χ1n) is 9.47. The van der Waals surface area contributed by atoms with Gasteiger partial charge in [0, 0.05) is 19.5 Å². The van der Waals surface area contributed by atoms with Crippen molar-refractivity contribution in [3.8, 4) is 5.75 Å². The van der Waals surface area contributed by atoms with Gasteiger partial charge in [-0.2, -0.15) is 0 Å². The van der Waals surface area contributed by atoms with Crippen molar-refractivity contribution < 1.29 is 9.53 Å². The van der Waals surface area contributed by atoms with Gasteiger partial charge >= 0.3 is 0 Å². The SMILES string of the molecule is CC(C)CC(C)N(C)C(=O)CCc1cccc(OC2CCCC2)c1. The zero-order valence-corrected chi connectivity index (χ0v) is 15.8. The third-order valence-electron chi connectivity index (χ3n) is 5.00. The highest BCUT2D eigenvalue weighted by atomic mass is 16.5. The standard InChI is InChI=1S/C21H33NO2/c1-16(2)14-17(3)22(4)21(23)13-12-18-8-7-11-20(15-18)24-19-9-5-6-10-19/h7-8,11,15-17,19H,5-6,9-10,12-14H2,1-4H3. The summed E-state index contributed by atoms with van der Waals surface area (Å²) in [6.07, 6.45) is 7.66. The molecule has 0 radical (unpaired) electrons. The summed E-state index contributed by atoms with van der Waals surface area (Å²) >= 11 is 0. The molecule has 3 nitrogen and oxygen atoms in total. The summed E-state index contributed by atoms with van der Waals surface area (Å²) in [4.78, 5) is 14.3. The van der Waals surface area contributed by atoms with Crippen molar-refractivity contribution in [3.05, 3.63) is 29.8 Å². The van der Waals surface area contributed by atoms with E-state index in [2.05, 4.69) is 32.9 Å². The van der Waals surface area contributed by atoms with Crippen molar-refractivity contribution in [1.29, 1.82) is 0 Å². The van der Waals surface area contributed by atoms with Gasteiger partial charge in [-0.05, 0) is 69.1 Å². The van der Waals surface area contributed by atoms with Gasteiger partial charge in [0.25, 0.3) is 0 Å². The van der Waals surface area contributed by atoms with Gasteiger partial charge in [-0.15, -0.1) is 0 Å². The van der Waals surface area contributed by atoms with E-state index in [4.69, 9.17) is 4.74 Å². The Labute approximate surface area is 147 Å². The Hall–Kier alpha value is -1.51. The number of amides is 1. The Morgan fingerprint density at radius 2 is 1.96 bits per heavy atom. The molecule has 1 amide bonds. The Kier molecular flexibility index (Phi) is 7.14. The molecule has 1 fully saturated rings. The van der Waals surface area contributed by atoms with Crippen molar-refractivity contribution in [2.24, 2.45) is 5.92 Å². The Balaban J connectivity index is 1.83. The number of rotatable bonds is 8. The van der Waals surface area contributed by atoms with Gasteiger partial charge in [-0.25, -0.2) is 0 Å². The van der Waals surface area contributed by atoms with Crippen LogP contribution in [0.1, 0.15) is 64.9 Å². The number of ether oxygens (including phenoxy) is 1. The lowest BCUT2D eigenvalue weighted by molar-refractivity contribution is -0.131. The lowest BCUT2D eigenvalue weighted by Gasteiger charge is -2.26. The maximum absolute atomic E-state index is 12.4. The zero-order chi connectivity index (χ0) is 17.5. The van der Waals surface area contributed by atoms with E-state index in [0.717, 1.165) is 18.6 Å². The fraction of sp³-hybridized carbons (Fsp3) is 0.667. The molecule has 1 unspecified atom stereocenters. The Morgan fingerprint density at radius 3 is 2.62 bits per heavy atom. The number of hydrogen-bond acceptors (Lipinski definition) is 2. The van der Waals surface area contributed by atoms with E-state index >= 15 is 0 Å². The number of nitrogens with zero attached hydrogens (tertiary/aromatic N) is 1. The molecule has 0 heterocycles. The highest BCUT2D eigenvalue weighted by molar-refractivity contribution is 5.76. The molecule has 1 aliphatic rings. The summed E-state index contributed by atoms with van der Waals surface area (Å²) in [5, 5.41) is 0. The maximum Gasteiger partial charge on any atom is 0.222 e. The smallest absolute Gasteiger partial charge is 0.222 e. The summed E-state index contributed by atoms with van der Waals surface area (Å²) < 4.78 is 6.06. The van der Waals surface area contributed by atoms with Crippen LogP contribution in [-0.4, -0.2) is 30.0 Å². The number of hydrogen-bond donors (Lipinski definition) is 0. The average Bonchev–Trinajstić information content (AvgIpc) is 3.04. The monoisotopic (exact) mass is 331 g/mol. The van der Waals surface area contributed by atoms with Crippen LogP contribution in [0.25, 0.3) is 0 Å². The van der Waals surface area contributed by atoms with E-state index in [0.29, 0.717) is 24.5 Å². The van der Waals surface area contributed by atoms with Gasteiger partial charge in [0.2, 0.25) is 5.91 Å². The second-order valence-electron chi connectivity index (χ2n) is 7.65. The van der Waals surface area contributed by atoms with Crippen LogP contribution in [0.2, 0.25) is 0 Å². The van der Waals surface area contributed by atoms with E-state index < -0.39 is 0 Å². The molecule has 0 bridgehead atoms. The topological polar surface area (TPSA) is 29.5 Å². The molecule has 1 aliphatic carbocycles. The maximum atomic E-state index is 12.4. The molecule has 0 aromatic heterocycles. The van der Waals surface area contributed by atoms with Gasteiger partial charge in [0.05, 0.1) is 6.10 Å². The zero-order valence-electron chi connectivity index (χ0n) is 15.8. The summed E-state index contributed by atoms with van der Waals surface area (Å²) in [6, 6.07) is 8.56.